The summed E-state index contributed by atoms with van der Waals surface area (Å²) in [6.07, 6.45) is 9.99. The Bertz CT molecular complexity index is 1360. The van der Waals surface area contributed by atoms with Gasteiger partial charge in [0.15, 0.2) is 5.16 Å². The second kappa shape index (κ2) is 9.45. The lowest BCUT2D eigenvalue weighted by molar-refractivity contribution is -0.113. The van der Waals surface area contributed by atoms with Gasteiger partial charge < -0.3 is 5.32 Å². The summed E-state index contributed by atoms with van der Waals surface area (Å²) in [6, 6.07) is 2.30. The van der Waals surface area contributed by atoms with E-state index in [0.29, 0.717) is 22.3 Å². The number of hydrogen-bond acceptors (Lipinski definition) is 7. The van der Waals surface area contributed by atoms with Crippen molar-refractivity contribution >= 4 is 55.6 Å². The SMILES string of the molecule is C=CCn1c(SCC(=O)Nc2sc3c(c2C#N)CCCCC3)nc2sc3c(c2c1=O)CCC3. The van der Waals surface area contributed by atoms with Crippen molar-refractivity contribution < 1.29 is 4.79 Å². The number of carbonyl (C=O) groups is 1. The number of nitrogens with one attached hydrogen (secondary N) is 1. The molecule has 6 nitrogen and oxygen atoms in total. The number of aromatic nitrogens is 2. The summed E-state index contributed by atoms with van der Waals surface area (Å²) < 4.78 is 1.62. The molecular formula is C24H24N4O2S3. The smallest absolute Gasteiger partial charge is 0.263 e. The number of aryl methyl sites for hydroxylation is 3. The number of fused-ring (bicyclic) bond motifs is 4. The van der Waals surface area contributed by atoms with E-state index in [1.807, 2.05) is 0 Å². The van der Waals surface area contributed by atoms with Gasteiger partial charge in [-0.2, -0.15) is 5.26 Å². The molecule has 0 aliphatic heterocycles. The van der Waals surface area contributed by atoms with E-state index in [0.717, 1.165) is 66.3 Å². The minimum Gasteiger partial charge on any atom is -0.316 e. The molecule has 3 aromatic heterocycles. The molecule has 0 saturated heterocycles. The van der Waals surface area contributed by atoms with Gasteiger partial charge in [0.25, 0.3) is 5.56 Å². The van der Waals surface area contributed by atoms with E-state index < -0.39 is 0 Å². The fourth-order valence-electron chi connectivity index (χ4n) is 4.70. The molecule has 9 heteroatoms. The number of amides is 1. The molecule has 170 valence electrons. The van der Waals surface area contributed by atoms with Crippen molar-refractivity contribution in [2.24, 2.45) is 0 Å². The van der Waals surface area contributed by atoms with Gasteiger partial charge in [0.1, 0.15) is 15.9 Å². The maximum atomic E-state index is 13.3. The van der Waals surface area contributed by atoms with Gasteiger partial charge in [-0.05, 0) is 56.1 Å². The van der Waals surface area contributed by atoms with E-state index in [4.69, 9.17) is 4.98 Å². The topological polar surface area (TPSA) is 87.8 Å². The van der Waals surface area contributed by atoms with Crippen LogP contribution in [0.25, 0.3) is 10.2 Å². The van der Waals surface area contributed by atoms with Crippen molar-refractivity contribution in [3.05, 3.63) is 49.5 Å². The third-order valence-electron chi connectivity index (χ3n) is 6.22. The minimum atomic E-state index is -0.193. The number of hydrogen-bond donors (Lipinski definition) is 1. The molecule has 0 atom stereocenters. The molecule has 0 fully saturated rings. The van der Waals surface area contributed by atoms with E-state index in [2.05, 4.69) is 18.0 Å². The van der Waals surface area contributed by atoms with E-state index in [1.165, 1.54) is 39.3 Å². The van der Waals surface area contributed by atoms with Crippen LogP contribution in [0.3, 0.4) is 0 Å². The summed E-state index contributed by atoms with van der Waals surface area (Å²) in [5, 5.41) is 14.6. The van der Waals surface area contributed by atoms with Crippen LogP contribution in [0, 0.1) is 11.3 Å². The van der Waals surface area contributed by atoms with E-state index >= 15 is 0 Å². The predicted molar refractivity (Wildman–Crippen MR) is 136 cm³/mol. The van der Waals surface area contributed by atoms with Crippen molar-refractivity contribution in [2.75, 3.05) is 11.1 Å². The largest absolute Gasteiger partial charge is 0.316 e. The molecule has 2 aliphatic rings. The zero-order chi connectivity index (χ0) is 22.9. The minimum absolute atomic E-state index is 0.0454. The second-order valence-corrected chi connectivity index (χ2v) is 11.5. The van der Waals surface area contributed by atoms with Crippen LogP contribution in [0.1, 0.15) is 52.1 Å². The first kappa shape index (κ1) is 22.4. The van der Waals surface area contributed by atoms with Crippen LogP contribution in [-0.2, 0) is 37.0 Å². The van der Waals surface area contributed by atoms with Gasteiger partial charge >= 0.3 is 0 Å². The third kappa shape index (κ3) is 4.16. The monoisotopic (exact) mass is 496 g/mol. The van der Waals surface area contributed by atoms with E-state index in [-0.39, 0.29) is 17.2 Å². The summed E-state index contributed by atoms with van der Waals surface area (Å²) in [7, 11) is 0. The summed E-state index contributed by atoms with van der Waals surface area (Å²) in [5.41, 5.74) is 2.84. The van der Waals surface area contributed by atoms with Crippen molar-refractivity contribution in [2.45, 2.75) is 63.1 Å². The zero-order valence-electron chi connectivity index (χ0n) is 18.2. The van der Waals surface area contributed by atoms with Crippen molar-refractivity contribution in [3.8, 4) is 6.07 Å². The highest BCUT2D eigenvalue weighted by molar-refractivity contribution is 7.99. The number of anilines is 1. The molecule has 0 aromatic carbocycles. The molecule has 3 aromatic rings. The number of carbonyl (C=O) groups excluding carboxylic acids is 1. The Kier molecular flexibility index (Phi) is 6.41. The molecule has 1 amide bonds. The van der Waals surface area contributed by atoms with Gasteiger partial charge in [0.2, 0.25) is 5.91 Å². The van der Waals surface area contributed by atoms with Crippen molar-refractivity contribution in [1.29, 1.82) is 5.26 Å². The molecule has 0 radical (unpaired) electrons. The Balaban J connectivity index is 1.37. The van der Waals surface area contributed by atoms with Crippen LogP contribution in [0.15, 0.2) is 22.6 Å². The summed E-state index contributed by atoms with van der Waals surface area (Å²) in [5.74, 6) is -0.0748. The van der Waals surface area contributed by atoms with Crippen LogP contribution in [0.4, 0.5) is 5.00 Å². The quantitative estimate of drug-likeness (QED) is 0.223. The molecule has 33 heavy (non-hydrogen) atoms. The molecule has 0 unspecified atom stereocenters. The van der Waals surface area contributed by atoms with Gasteiger partial charge in [-0.15, -0.1) is 29.3 Å². The van der Waals surface area contributed by atoms with Gasteiger partial charge in [0, 0.05) is 16.3 Å². The third-order valence-corrected chi connectivity index (χ3v) is 9.59. The van der Waals surface area contributed by atoms with Gasteiger partial charge in [-0.25, -0.2) is 4.98 Å². The summed E-state index contributed by atoms with van der Waals surface area (Å²) >= 11 is 4.39. The number of thioether (sulfide) groups is 1. The first-order valence-electron chi connectivity index (χ1n) is 11.2. The second-order valence-electron chi connectivity index (χ2n) is 8.35. The van der Waals surface area contributed by atoms with Crippen LogP contribution in [0.2, 0.25) is 0 Å². The number of allylic oxidation sites excluding steroid dienone is 1. The fourth-order valence-corrected chi connectivity index (χ4v) is 8.07. The average molecular weight is 497 g/mol. The van der Waals surface area contributed by atoms with Crippen LogP contribution in [-0.4, -0.2) is 21.2 Å². The van der Waals surface area contributed by atoms with Crippen molar-refractivity contribution in [1.82, 2.24) is 9.55 Å². The molecule has 2 aliphatic carbocycles. The Hall–Kier alpha value is -2.41. The van der Waals surface area contributed by atoms with Crippen LogP contribution >= 0.6 is 34.4 Å². The normalized spacial score (nSPS) is 15.0. The number of thiophene rings is 2. The molecule has 0 spiro atoms. The maximum Gasteiger partial charge on any atom is 0.263 e. The standard InChI is InChI=1S/C24H24N4O2S3/c1-2-11-28-23(30)20-15-8-6-10-18(15)33-22(20)27-24(28)31-13-19(29)26-21-16(12-25)14-7-4-3-5-9-17(14)32-21/h2H,1,3-11,13H2,(H,26,29). The molecule has 5 rings (SSSR count). The lowest BCUT2D eigenvalue weighted by Crippen LogP contribution is -2.24. The zero-order valence-corrected chi connectivity index (χ0v) is 20.7. The van der Waals surface area contributed by atoms with E-state index in [9.17, 15) is 14.9 Å². The Morgan fingerprint density at radius 3 is 2.73 bits per heavy atom. The highest BCUT2D eigenvalue weighted by atomic mass is 32.2. The average Bonchev–Trinajstić information content (AvgIpc) is 3.42. The number of nitrogens with zero attached hydrogens (tertiary/aromatic N) is 3. The van der Waals surface area contributed by atoms with Gasteiger partial charge in [-0.3, -0.25) is 14.2 Å². The van der Waals surface area contributed by atoms with E-state index in [1.54, 1.807) is 22.0 Å². The lowest BCUT2D eigenvalue weighted by atomic mass is 10.1. The highest BCUT2D eigenvalue weighted by Crippen LogP contribution is 2.38. The maximum absolute atomic E-state index is 13.3. The lowest BCUT2D eigenvalue weighted by Gasteiger charge is -2.10. The van der Waals surface area contributed by atoms with Crippen LogP contribution < -0.4 is 10.9 Å². The molecule has 0 saturated carbocycles. The molecule has 3 heterocycles. The summed E-state index contributed by atoms with van der Waals surface area (Å²) in [4.78, 5) is 34.1. The van der Waals surface area contributed by atoms with Gasteiger partial charge in [-0.1, -0.05) is 24.3 Å². The van der Waals surface area contributed by atoms with Gasteiger partial charge in [0.05, 0.1) is 16.7 Å². The fraction of sp³-hybridized carbons (Fsp3) is 0.417. The molecule has 1 N–H and O–H groups in total. The summed E-state index contributed by atoms with van der Waals surface area (Å²) in [6.45, 7) is 4.14. The molecular weight excluding hydrogens is 472 g/mol. The van der Waals surface area contributed by atoms with Crippen LogP contribution in [0.5, 0.6) is 0 Å². The first-order valence-corrected chi connectivity index (χ1v) is 13.9. The Morgan fingerprint density at radius 2 is 1.91 bits per heavy atom. The Morgan fingerprint density at radius 1 is 1.15 bits per heavy atom. The number of nitriles is 1. The molecule has 0 bridgehead atoms. The Labute approximate surface area is 204 Å². The first-order chi connectivity index (χ1) is 16.1. The number of rotatable bonds is 6. The predicted octanol–water partition coefficient (Wildman–Crippen LogP) is 5.07. The highest BCUT2D eigenvalue weighted by Gasteiger charge is 2.24. The van der Waals surface area contributed by atoms with Crippen molar-refractivity contribution in [3.63, 3.8) is 0 Å².